The van der Waals surface area contributed by atoms with Gasteiger partial charge in [-0.25, -0.2) is 14.6 Å². The quantitative estimate of drug-likeness (QED) is 0.741. The topological polar surface area (TPSA) is 96.2 Å². The van der Waals surface area contributed by atoms with Gasteiger partial charge in [-0.2, -0.15) is 18.3 Å². The van der Waals surface area contributed by atoms with Crippen LogP contribution in [-0.4, -0.2) is 50.1 Å². The van der Waals surface area contributed by atoms with Crippen LogP contribution in [0.25, 0.3) is 0 Å². The van der Waals surface area contributed by atoms with Crippen LogP contribution in [0.2, 0.25) is 0 Å². The standard InChI is InChI=1S/C20H25F3N6O2/c21-20(22,23)16-10-17(26-12-25-16)24-11-13-4-1-2-9-28(13)18-7-8-19(31)29(27-18)14-5-3-6-15(14)30/h7-8,10,12-15,30H,1-6,9,11H2,(H,24,25,26). The Morgan fingerprint density at radius 1 is 1.13 bits per heavy atom. The first-order chi connectivity index (χ1) is 14.8. The Balaban J connectivity index is 1.51. The molecular weight excluding hydrogens is 413 g/mol. The van der Waals surface area contributed by atoms with Crippen LogP contribution in [-0.2, 0) is 6.18 Å². The van der Waals surface area contributed by atoms with E-state index in [-0.39, 0.29) is 23.5 Å². The molecule has 11 heteroatoms. The lowest BCUT2D eigenvalue weighted by atomic mass is 10.0. The van der Waals surface area contributed by atoms with Gasteiger partial charge in [0.25, 0.3) is 5.56 Å². The van der Waals surface area contributed by atoms with Crippen LogP contribution in [0.5, 0.6) is 0 Å². The number of nitrogens with one attached hydrogen (secondary N) is 1. The Bertz CT molecular complexity index is 966. The number of nitrogens with zero attached hydrogens (tertiary/aromatic N) is 5. The second-order valence-electron chi connectivity index (χ2n) is 8.05. The van der Waals surface area contributed by atoms with Gasteiger partial charge < -0.3 is 15.3 Å². The van der Waals surface area contributed by atoms with Crippen LogP contribution in [0.3, 0.4) is 0 Å². The number of aliphatic hydroxyl groups excluding tert-OH is 1. The Morgan fingerprint density at radius 2 is 1.97 bits per heavy atom. The number of rotatable bonds is 5. The molecule has 3 unspecified atom stereocenters. The number of aliphatic hydroxyl groups is 1. The number of piperidine rings is 1. The van der Waals surface area contributed by atoms with Crippen LogP contribution in [0.15, 0.2) is 29.3 Å². The van der Waals surface area contributed by atoms with E-state index in [1.165, 1.54) is 10.7 Å². The van der Waals surface area contributed by atoms with E-state index in [1.54, 1.807) is 6.07 Å². The average molecular weight is 438 g/mol. The van der Waals surface area contributed by atoms with E-state index in [9.17, 15) is 23.1 Å². The zero-order valence-electron chi connectivity index (χ0n) is 16.9. The van der Waals surface area contributed by atoms with Gasteiger partial charge in [-0.05, 0) is 44.6 Å². The van der Waals surface area contributed by atoms with Gasteiger partial charge >= 0.3 is 6.18 Å². The molecule has 0 radical (unpaired) electrons. The number of hydrogen-bond acceptors (Lipinski definition) is 7. The molecule has 2 fully saturated rings. The summed E-state index contributed by atoms with van der Waals surface area (Å²) in [7, 11) is 0. The number of hydrogen-bond donors (Lipinski definition) is 2. The van der Waals surface area contributed by atoms with Crippen molar-refractivity contribution in [1.82, 2.24) is 19.7 Å². The smallest absolute Gasteiger partial charge is 0.391 e. The maximum absolute atomic E-state index is 12.9. The molecular formula is C20H25F3N6O2. The van der Waals surface area contributed by atoms with E-state index in [1.807, 2.05) is 0 Å². The zero-order chi connectivity index (χ0) is 22.0. The first-order valence-corrected chi connectivity index (χ1v) is 10.5. The number of halogens is 3. The van der Waals surface area contributed by atoms with Crippen molar-refractivity contribution in [3.63, 3.8) is 0 Å². The molecule has 2 aromatic rings. The molecule has 0 spiro atoms. The third-order valence-electron chi connectivity index (χ3n) is 5.97. The van der Waals surface area contributed by atoms with Gasteiger partial charge in [-0.1, -0.05) is 0 Å². The first-order valence-electron chi connectivity index (χ1n) is 10.5. The van der Waals surface area contributed by atoms with Crippen molar-refractivity contribution in [2.45, 2.75) is 62.9 Å². The predicted molar refractivity (Wildman–Crippen MR) is 108 cm³/mol. The number of alkyl halides is 3. The molecule has 168 valence electrons. The van der Waals surface area contributed by atoms with Crippen molar-refractivity contribution >= 4 is 11.6 Å². The molecule has 4 rings (SSSR count). The maximum Gasteiger partial charge on any atom is 0.433 e. The largest absolute Gasteiger partial charge is 0.433 e. The summed E-state index contributed by atoms with van der Waals surface area (Å²) in [6.45, 7) is 1.10. The minimum atomic E-state index is -4.53. The maximum atomic E-state index is 12.9. The lowest BCUT2D eigenvalue weighted by molar-refractivity contribution is -0.141. The highest BCUT2D eigenvalue weighted by atomic mass is 19.4. The molecule has 0 aromatic carbocycles. The summed E-state index contributed by atoms with van der Waals surface area (Å²) in [5, 5.41) is 17.7. The third-order valence-corrected chi connectivity index (χ3v) is 5.97. The highest BCUT2D eigenvalue weighted by Crippen LogP contribution is 2.30. The molecule has 2 aromatic heterocycles. The van der Waals surface area contributed by atoms with Gasteiger partial charge in [0.15, 0.2) is 0 Å². The summed E-state index contributed by atoms with van der Waals surface area (Å²) in [5.74, 6) is 0.740. The van der Waals surface area contributed by atoms with Gasteiger partial charge in [0.2, 0.25) is 0 Å². The number of anilines is 2. The second kappa shape index (κ2) is 8.81. The highest BCUT2D eigenvalue weighted by Gasteiger charge is 2.33. The minimum absolute atomic E-state index is 0.0231. The first kappa shape index (κ1) is 21.5. The van der Waals surface area contributed by atoms with Crippen molar-refractivity contribution in [3.8, 4) is 0 Å². The fraction of sp³-hybridized carbons (Fsp3) is 0.600. The van der Waals surface area contributed by atoms with Crippen LogP contribution in [0.4, 0.5) is 24.8 Å². The van der Waals surface area contributed by atoms with E-state index < -0.39 is 18.0 Å². The second-order valence-corrected chi connectivity index (χ2v) is 8.05. The molecule has 1 saturated heterocycles. The molecule has 8 nitrogen and oxygen atoms in total. The van der Waals surface area contributed by atoms with E-state index in [4.69, 9.17) is 0 Å². The molecule has 2 N–H and O–H groups in total. The summed E-state index contributed by atoms with van der Waals surface area (Å²) in [5.41, 5.74) is -1.24. The van der Waals surface area contributed by atoms with Gasteiger partial charge in [0.1, 0.15) is 23.7 Å². The Morgan fingerprint density at radius 3 is 2.71 bits per heavy atom. The third kappa shape index (κ3) is 4.81. The fourth-order valence-electron chi connectivity index (χ4n) is 4.36. The Kier molecular flexibility index (Phi) is 6.12. The average Bonchev–Trinajstić information content (AvgIpc) is 3.18. The van der Waals surface area contributed by atoms with Crippen molar-refractivity contribution in [2.75, 3.05) is 23.3 Å². The number of aromatic nitrogens is 4. The molecule has 0 amide bonds. The Hall–Kier alpha value is -2.69. The molecule has 1 saturated carbocycles. The normalized spacial score (nSPS) is 24.4. The molecule has 3 atom stereocenters. The summed E-state index contributed by atoms with van der Waals surface area (Å²) in [4.78, 5) is 21.6. The molecule has 2 aliphatic rings. The Labute approximate surface area is 177 Å². The summed E-state index contributed by atoms with van der Waals surface area (Å²) in [6.07, 6.45) is 0.759. The van der Waals surface area contributed by atoms with Crippen LogP contribution >= 0.6 is 0 Å². The SMILES string of the molecule is O=c1ccc(N2CCCCC2CNc2cc(C(F)(F)F)ncn2)nn1C1CCCC1O. The van der Waals surface area contributed by atoms with E-state index in [0.29, 0.717) is 25.2 Å². The minimum Gasteiger partial charge on any atom is -0.391 e. The van der Waals surface area contributed by atoms with Crippen molar-refractivity contribution in [1.29, 1.82) is 0 Å². The van der Waals surface area contributed by atoms with Crippen molar-refractivity contribution in [3.05, 3.63) is 40.6 Å². The van der Waals surface area contributed by atoms with E-state index in [2.05, 4.69) is 25.3 Å². The van der Waals surface area contributed by atoms with Gasteiger partial charge in [0, 0.05) is 31.3 Å². The fourth-order valence-corrected chi connectivity index (χ4v) is 4.36. The van der Waals surface area contributed by atoms with Crippen LogP contribution < -0.4 is 15.8 Å². The van der Waals surface area contributed by atoms with Crippen LogP contribution in [0.1, 0.15) is 50.3 Å². The summed E-state index contributed by atoms with van der Waals surface area (Å²) >= 11 is 0. The lowest BCUT2D eigenvalue weighted by Gasteiger charge is -2.37. The zero-order valence-corrected chi connectivity index (χ0v) is 16.9. The highest BCUT2D eigenvalue weighted by molar-refractivity contribution is 5.41. The van der Waals surface area contributed by atoms with Crippen molar-refractivity contribution < 1.29 is 18.3 Å². The van der Waals surface area contributed by atoms with E-state index in [0.717, 1.165) is 44.6 Å². The molecule has 1 aliphatic heterocycles. The lowest BCUT2D eigenvalue weighted by Crippen LogP contribution is -2.45. The van der Waals surface area contributed by atoms with E-state index >= 15 is 0 Å². The van der Waals surface area contributed by atoms with Gasteiger partial charge in [0.05, 0.1) is 12.1 Å². The van der Waals surface area contributed by atoms with Gasteiger partial charge in [-0.3, -0.25) is 4.79 Å². The summed E-state index contributed by atoms with van der Waals surface area (Å²) in [6, 6.07) is 3.69. The predicted octanol–water partition coefficient (Wildman–Crippen LogP) is 2.61. The summed E-state index contributed by atoms with van der Waals surface area (Å²) < 4.78 is 40.1. The molecule has 0 bridgehead atoms. The molecule has 31 heavy (non-hydrogen) atoms. The molecule has 1 aliphatic carbocycles. The van der Waals surface area contributed by atoms with Gasteiger partial charge in [-0.15, -0.1) is 0 Å². The van der Waals surface area contributed by atoms with Crippen LogP contribution in [0, 0.1) is 0 Å². The monoisotopic (exact) mass is 438 g/mol. The molecule has 3 heterocycles. The van der Waals surface area contributed by atoms with Crippen molar-refractivity contribution in [2.24, 2.45) is 0 Å².